The zero-order chi connectivity index (χ0) is 46.8. The van der Waals surface area contributed by atoms with Crippen LogP contribution in [-0.4, -0.2) is 96.8 Å². The predicted octanol–water partition coefficient (Wildman–Crippen LogP) is 8.31. The van der Waals surface area contributed by atoms with Gasteiger partial charge >= 0.3 is 311 Å². The molecule has 0 radical (unpaired) electrons. The molecule has 358 valence electrons. The summed E-state index contributed by atoms with van der Waals surface area (Å²) in [5, 5.41) is 15.6. The van der Waals surface area contributed by atoms with Crippen LogP contribution in [0.5, 0.6) is 0 Å². The molecule has 14 heteroatoms. The Morgan fingerprint density at radius 1 is 0.701 bits per heavy atom. The Labute approximate surface area is 411 Å². The number of ether oxygens (including phenoxy) is 9. The molecular weight excluding hydrogens is 1060 g/mol. The molecule has 67 heavy (non-hydrogen) atoms. The molecule has 4 aromatic carbocycles. The third-order valence-electron chi connectivity index (χ3n) is 13.5. The summed E-state index contributed by atoms with van der Waals surface area (Å²) in [6, 6.07) is 39.6. The van der Waals surface area contributed by atoms with Gasteiger partial charge in [-0.25, -0.2) is 0 Å². The van der Waals surface area contributed by atoms with Crippen molar-refractivity contribution >= 4 is 14.2 Å². The normalized spacial score (nSPS) is 32.7. The molecule has 0 spiro atoms. The van der Waals surface area contributed by atoms with Crippen molar-refractivity contribution in [3.8, 4) is 0 Å². The maximum atomic E-state index is 13.1. The molecular formula is C53H66ClHgNO11. The smallest absolute Gasteiger partial charge is 0.0622 e. The molecule has 4 aliphatic heterocycles. The van der Waals surface area contributed by atoms with Crippen molar-refractivity contribution in [2.45, 2.75) is 156 Å². The van der Waals surface area contributed by atoms with Gasteiger partial charge in [-0.05, 0) is 5.56 Å². The molecule has 12 nitrogen and oxygen atoms in total. The third kappa shape index (κ3) is 13.7. The summed E-state index contributed by atoms with van der Waals surface area (Å²) >= 11 is -1.73. The fraction of sp³-hybridized carbons (Fsp3) is 0.528. The molecule has 2 N–H and O–H groups in total. The van der Waals surface area contributed by atoms with Gasteiger partial charge in [0.05, 0.1) is 0 Å². The van der Waals surface area contributed by atoms with Gasteiger partial charge in [0.25, 0.3) is 0 Å². The van der Waals surface area contributed by atoms with Crippen LogP contribution >= 0.6 is 8.25 Å². The van der Waals surface area contributed by atoms with Gasteiger partial charge in [0.1, 0.15) is 0 Å². The second-order valence-corrected chi connectivity index (χ2v) is 25.9. The Bertz CT molecular complexity index is 2090. The zero-order valence-corrected chi connectivity index (χ0v) is 45.4. The van der Waals surface area contributed by atoms with Gasteiger partial charge < -0.3 is 0 Å². The van der Waals surface area contributed by atoms with E-state index in [9.17, 15) is 9.90 Å². The van der Waals surface area contributed by atoms with E-state index < -0.39 is 102 Å². The average molecular weight is 1130 g/mol. The van der Waals surface area contributed by atoms with Crippen LogP contribution in [0.25, 0.3) is 0 Å². The van der Waals surface area contributed by atoms with Crippen molar-refractivity contribution in [1.82, 2.24) is 5.32 Å². The van der Waals surface area contributed by atoms with Crippen LogP contribution in [0.15, 0.2) is 121 Å². The molecule has 4 fully saturated rings. The summed E-state index contributed by atoms with van der Waals surface area (Å²) in [4.78, 5) is 13.1. The SMILES string of the molecule is CC(=O)N[C@H]1[C@@H](OCc2ccccc2)O[C@@H]2COC(C)(C)O[C@H]2[C@@H]1C[C@@H]1O[C@H]([CH2][Hg][Cl])C[C@H](O)[C@H]1C[C@@H]1O[C@@H](C)[C@@H](OCc2ccccc2)[C@@H](OCc2ccccc2)[C@@H]1OCc1ccccc1. The number of carbonyl (C=O) groups is 1. The summed E-state index contributed by atoms with van der Waals surface area (Å²) in [5.41, 5.74) is 4.06. The Morgan fingerprint density at radius 3 is 1.75 bits per heavy atom. The number of amides is 1. The Morgan fingerprint density at radius 2 is 1.21 bits per heavy atom. The number of nitrogens with one attached hydrogen (secondary N) is 1. The summed E-state index contributed by atoms with van der Waals surface area (Å²) in [6.07, 6.45) is -4.49. The first-order valence-corrected chi connectivity index (χ1v) is 34.6. The van der Waals surface area contributed by atoms with Gasteiger partial charge in [-0.2, -0.15) is 0 Å². The number of aliphatic hydroxyl groups excluding tert-OH is 1. The van der Waals surface area contributed by atoms with E-state index in [0.717, 1.165) is 26.2 Å². The number of rotatable bonds is 19. The fourth-order valence-corrected chi connectivity index (χ4v) is 14.8. The minimum atomic E-state index is -1.73. The van der Waals surface area contributed by atoms with Gasteiger partial charge in [0.15, 0.2) is 0 Å². The Hall–Kier alpha value is -2.82. The van der Waals surface area contributed by atoms with Crippen molar-refractivity contribution < 1.29 is 75.9 Å². The van der Waals surface area contributed by atoms with Crippen LogP contribution in [0.1, 0.15) is 69.2 Å². The maximum absolute atomic E-state index is 13.1. The zero-order valence-electron chi connectivity index (χ0n) is 39.1. The number of hydrogen-bond acceptors (Lipinski definition) is 11. The predicted molar refractivity (Wildman–Crippen MR) is 248 cm³/mol. The molecule has 14 atom stereocenters. The van der Waals surface area contributed by atoms with Crippen LogP contribution in [-0.2, 0) is 97.2 Å². The summed E-state index contributed by atoms with van der Waals surface area (Å²) in [7, 11) is 6.59. The first-order chi connectivity index (χ1) is 32.5. The number of fused-ring (bicyclic) bond motifs is 1. The van der Waals surface area contributed by atoms with E-state index in [1.165, 1.54) is 6.92 Å². The van der Waals surface area contributed by atoms with Crippen LogP contribution < -0.4 is 5.32 Å². The minimum absolute atomic E-state index is 0.198. The molecule has 8 rings (SSSR count). The van der Waals surface area contributed by atoms with E-state index in [1.54, 1.807) is 0 Å². The summed E-state index contributed by atoms with van der Waals surface area (Å²) in [5.74, 6) is -1.90. The van der Waals surface area contributed by atoms with Gasteiger partial charge in [-0.1, -0.05) is 97.1 Å². The van der Waals surface area contributed by atoms with Crippen molar-refractivity contribution in [2.75, 3.05) is 6.61 Å². The fourth-order valence-electron chi connectivity index (χ4n) is 10.2. The Kier molecular flexibility index (Phi) is 18.4. The number of hydrogen-bond donors (Lipinski definition) is 2. The number of carbonyl (C=O) groups excluding carboxylic acids is 1. The van der Waals surface area contributed by atoms with E-state index in [0.29, 0.717) is 39.1 Å². The van der Waals surface area contributed by atoms with Gasteiger partial charge in [-0.15, -0.1) is 0 Å². The van der Waals surface area contributed by atoms with E-state index in [2.05, 4.69) is 17.4 Å². The third-order valence-corrected chi connectivity index (χ3v) is 18.8. The molecule has 0 unspecified atom stereocenters. The van der Waals surface area contributed by atoms with E-state index in [4.69, 9.17) is 50.9 Å². The van der Waals surface area contributed by atoms with E-state index in [1.807, 2.05) is 130 Å². The number of benzene rings is 4. The molecule has 4 saturated heterocycles. The molecule has 0 aromatic heterocycles. The van der Waals surface area contributed by atoms with Gasteiger partial charge in [0, 0.05) is 0 Å². The molecule has 0 bridgehead atoms. The first-order valence-electron chi connectivity index (χ1n) is 23.9. The molecule has 0 saturated carbocycles. The van der Waals surface area contributed by atoms with Crippen LogP contribution in [0, 0.1) is 11.8 Å². The van der Waals surface area contributed by atoms with Crippen LogP contribution in [0.4, 0.5) is 0 Å². The quantitative estimate of drug-likeness (QED) is 0.0880. The second-order valence-electron chi connectivity index (χ2n) is 18.9. The van der Waals surface area contributed by atoms with Crippen molar-refractivity contribution in [3.63, 3.8) is 0 Å². The minimum Gasteiger partial charge on any atom is -0.0622 e. The van der Waals surface area contributed by atoms with Crippen LogP contribution in [0.2, 0.25) is 3.93 Å². The van der Waals surface area contributed by atoms with Gasteiger partial charge in [0.2, 0.25) is 0 Å². The second kappa shape index (κ2) is 24.3. The molecule has 4 heterocycles. The molecule has 1 amide bonds. The summed E-state index contributed by atoms with van der Waals surface area (Å²) in [6.45, 7) is 8.90. The molecule has 0 aliphatic carbocycles. The van der Waals surface area contributed by atoms with Crippen LogP contribution in [0.3, 0.4) is 0 Å². The summed E-state index contributed by atoms with van der Waals surface area (Å²) < 4.78 is 61.7. The van der Waals surface area contributed by atoms with E-state index in [-0.39, 0.29) is 31.1 Å². The first kappa shape index (κ1) is 50.6. The average Bonchev–Trinajstić information content (AvgIpc) is 3.32. The monoisotopic (exact) mass is 1130 g/mol. The molecule has 4 aliphatic rings. The van der Waals surface area contributed by atoms with Gasteiger partial charge in [-0.3, -0.25) is 0 Å². The van der Waals surface area contributed by atoms with E-state index >= 15 is 0 Å². The van der Waals surface area contributed by atoms with Crippen molar-refractivity contribution in [2.24, 2.45) is 11.8 Å². The Balaban J connectivity index is 1.12. The van der Waals surface area contributed by atoms with Crippen molar-refractivity contribution in [3.05, 3.63) is 144 Å². The van der Waals surface area contributed by atoms with Crippen molar-refractivity contribution in [1.29, 1.82) is 0 Å². The number of halogens is 1. The topological polar surface area (TPSA) is 132 Å². The molecule has 4 aromatic rings. The standard InChI is InChI=1S/C53H66NO11.ClH.Hg/c1-34-26-43(56)41(44(62-34)28-42-47(54-36(3)55)52(60-32-40-24-16-9-17-25-40)64-46-33-61-53(4,5)65-49(42)46)27-45-50(58-30-38-20-12-7-13-21-38)51(59-31-39-22-14-8-15-23-39)48(35(2)63-45)57-29-37-18-10-6-11-19-37;;/h6-25,34-35,41-52,56H,1,26-33H2,2-5H3,(H,54,55);1H;/q;;+1/p-1/t34-,35+,41-,42-,43+,44+,45+,46-,47-,48-,49+,50-,51-,52+;;/m1../s1. The number of aliphatic hydroxyl groups is 1.